The lowest BCUT2D eigenvalue weighted by atomic mass is 9.84. The molecule has 9 heteroatoms. The summed E-state index contributed by atoms with van der Waals surface area (Å²) in [6, 6.07) is 12.4. The summed E-state index contributed by atoms with van der Waals surface area (Å²) in [6.07, 6.45) is 0. The molecule has 40 heavy (non-hydrogen) atoms. The number of hydrogen-bond donors (Lipinski definition) is 1. The van der Waals surface area contributed by atoms with Crippen molar-refractivity contribution in [1.82, 2.24) is 0 Å². The molecular weight excluding hydrogens is 517 g/mol. The number of methoxy groups -OCH3 is 4. The normalized spacial score (nSPS) is 16.7. The third kappa shape index (κ3) is 4.95. The number of benzene rings is 3. The van der Waals surface area contributed by atoms with E-state index in [-0.39, 0.29) is 22.4 Å². The fourth-order valence-electron chi connectivity index (χ4n) is 4.87. The zero-order valence-corrected chi connectivity index (χ0v) is 23.5. The monoisotopic (exact) mass is 549 g/mol. The number of ketones is 1. The van der Waals surface area contributed by atoms with Gasteiger partial charge >= 0.3 is 0 Å². The molecule has 1 atom stereocenters. The molecule has 0 radical (unpaired) electrons. The fourth-order valence-corrected chi connectivity index (χ4v) is 4.87. The standard InChI is InChI=1S/C31H32FNO7/c1-31(2,3)21-14-17(8-13-22(21)37-4)27(34)25-26(18-15-23(38-5)29(40-7)24(16-18)39-6)33(30(36)28(25)35)20-11-9-19(32)10-12-20/h8-16,26,34H,1-7H3/b27-25+. The van der Waals surface area contributed by atoms with E-state index in [2.05, 4.69) is 0 Å². The smallest absolute Gasteiger partial charge is 0.300 e. The van der Waals surface area contributed by atoms with Crippen LogP contribution in [0.5, 0.6) is 23.0 Å². The van der Waals surface area contributed by atoms with Crippen molar-refractivity contribution in [2.75, 3.05) is 33.3 Å². The third-order valence-electron chi connectivity index (χ3n) is 6.83. The van der Waals surface area contributed by atoms with E-state index in [1.807, 2.05) is 20.8 Å². The lowest BCUT2D eigenvalue weighted by Crippen LogP contribution is -2.29. The molecule has 1 aliphatic rings. The molecule has 1 fully saturated rings. The zero-order chi connectivity index (χ0) is 29.4. The van der Waals surface area contributed by atoms with Gasteiger partial charge in [0.05, 0.1) is 40.1 Å². The molecule has 210 valence electrons. The van der Waals surface area contributed by atoms with Crippen LogP contribution < -0.4 is 23.8 Å². The predicted molar refractivity (Wildman–Crippen MR) is 149 cm³/mol. The Balaban J connectivity index is 2.03. The van der Waals surface area contributed by atoms with E-state index in [0.717, 1.165) is 5.56 Å². The summed E-state index contributed by atoms with van der Waals surface area (Å²) in [4.78, 5) is 28.3. The molecule has 1 saturated heterocycles. The molecule has 1 amide bonds. The second kappa shape index (κ2) is 10.9. The van der Waals surface area contributed by atoms with E-state index in [9.17, 15) is 19.1 Å². The molecule has 4 rings (SSSR count). The van der Waals surface area contributed by atoms with Crippen molar-refractivity contribution in [3.63, 3.8) is 0 Å². The number of Topliss-reactive ketones (excluding diaryl/α,β-unsaturated/α-hetero) is 1. The maximum absolute atomic E-state index is 13.8. The fraction of sp³-hybridized carbons (Fsp3) is 0.290. The highest BCUT2D eigenvalue weighted by atomic mass is 19.1. The molecule has 0 bridgehead atoms. The predicted octanol–water partition coefficient (Wildman–Crippen LogP) is 5.78. The van der Waals surface area contributed by atoms with Gasteiger partial charge in [-0.3, -0.25) is 14.5 Å². The van der Waals surface area contributed by atoms with Gasteiger partial charge in [-0.2, -0.15) is 0 Å². The quantitative estimate of drug-likeness (QED) is 0.227. The number of hydrogen-bond acceptors (Lipinski definition) is 7. The third-order valence-corrected chi connectivity index (χ3v) is 6.83. The second-order valence-corrected chi connectivity index (χ2v) is 10.3. The van der Waals surface area contributed by atoms with Crippen LogP contribution in [-0.4, -0.2) is 45.2 Å². The van der Waals surface area contributed by atoms with Crippen LogP contribution in [-0.2, 0) is 15.0 Å². The minimum absolute atomic E-state index is 0.145. The summed E-state index contributed by atoms with van der Waals surface area (Å²) in [7, 11) is 5.91. The highest BCUT2D eigenvalue weighted by molar-refractivity contribution is 6.51. The highest BCUT2D eigenvalue weighted by Gasteiger charge is 2.47. The molecule has 8 nitrogen and oxygen atoms in total. The first kappa shape index (κ1) is 28.5. The maximum atomic E-state index is 13.8. The summed E-state index contributed by atoms with van der Waals surface area (Å²) in [5.41, 5.74) is 1.32. The summed E-state index contributed by atoms with van der Waals surface area (Å²) < 4.78 is 35.8. The van der Waals surface area contributed by atoms with Crippen molar-refractivity contribution in [3.8, 4) is 23.0 Å². The maximum Gasteiger partial charge on any atom is 0.300 e. The van der Waals surface area contributed by atoms with Crippen LogP contribution in [0.4, 0.5) is 10.1 Å². The molecular formula is C31H32FNO7. The number of rotatable bonds is 7. The van der Waals surface area contributed by atoms with E-state index >= 15 is 0 Å². The Morgan fingerprint density at radius 2 is 1.40 bits per heavy atom. The molecule has 0 spiro atoms. The van der Waals surface area contributed by atoms with Crippen molar-refractivity contribution < 1.29 is 38.0 Å². The van der Waals surface area contributed by atoms with Gasteiger partial charge in [-0.1, -0.05) is 20.8 Å². The van der Waals surface area contributed by atoms with Crippen molar-refractivity contribution in [3.05, 3.63) is 82.7 Å². The van der Waals surface area contributed by atoms with Crippen LogP contribution in [0.25, 0.3) is 5.76 Å². The van der Waals surface area contributed by atoms with E-state index in [1.54, 1.807) is 37.4 Å². The Morgan fingerprint density at radius 3 is 1.90 bits per heavy atom. The van der Waals surface area contributed by atoms with Crippen LogP contribution >= 0.6 is 0 Å². The van der Waals surface area contributed by atoms with Crippen LogP contribution in [0.3, 0.4) is 0 Å². The number of halogens is 1. The lowest BCUT2D eigenvalue weighted by Gasteiger charge is -2.27. The van der Waals surface area contributed by atoms with E-state index < -0.39 is 23.5 Å². The number of anilines is 1. The van der Waals surface area contributed by atoms with Gasteiger partial charge in [-0.05, 0) is 65.6 Å². The Labute approximate surface area is 232 Å². The Kier molecular flexibility index (Phi) is 7.77. The average molecular weight is 550 g/mol. The molecule has 1 heterocycles. The topological polar surface area (TPSA) is 94.5 Å². The van der Waals surface area contributed by atoms with Crippen LogP contribution in [0.1, 0.15) is 43.5 Å². The molecule has 1 aliphatic heterocycles. The first-order valence-corrected chi connectivity index (χ1v) is 12.5. The number of carbonyl (C=O) groups is 2. The van der Waals surface area contributed by atoms with Gasteiger partial charge in [-0.25, -0.2) is 4.39 Å². The summed E-state index contributed by atoms with van der Waals surface area (Å²) in [5.74, 6) is -1.12. The first-order valence-electron chi connectivity index (χ1n) is 12.5. The van der Waals surface area contributed by atoms with E-state index in [1.165, 1.54) is 50.5 Å². The molecule has 3 aromatic carbocycles. The molecule has 3 aromatic rings. The molecule has 1 N–H and O–H groups in total. The van der Waals surface area contributed by atoms with E-state index in [0.29, 0.717) is 34.1 Å². The number of amides is 1. The SMILES string of the molecule is COc1ccc(/C(O)=C2\C(=O)C(=O)N(c3ccc(F)cc3)C2c2cc(OC)c(OC)c(OC)c2)cc1C(C)(C)C. The molecule has 0 aliphatic carbocycles. The lowest BCUT2D eigenvalue weighted by molar-refractivity contribution is -0.132. The number of ether oxygens (including phenoxy) is 4. The number of carbonyl (C=O) groups excluding carboxylic acids is 2. The Bertz CT molecular complexity index is 1460. The minimum atomic E-state index is -1.10. The van der Waals surface area contributed by atoms with Gasteiger partial charge in [0.2, 0.25) is 5.75 Å². The highest BCUT2D eigenvalue weighted by Crippen LogP contribution is 2.47. The number of aliphatic hydroxyl groups is 1. The zero-order valence-electron chi connectivity index (χ0n) is 23.5. The minimum Gasteiger partial charge on any atom is -0.507 e. The number of nitrogens with zero attached hydrogens (tertiary/aromatic N) is 1. The van der Waals surface area contributed by atoms with Crippen molar-refractivity contribution in [2.24, 2.45) is 0 Å². The van der Waals surface area contributed by atoms with Gasteiger partial charge in [0.1, 0.15) is 17.3 Å². The van der Waals surface area contributed by atoms with Gasteiger partial charge in [0.15, 0.2) is 11.5 Å². The van der Waals surface area contributed by atoms with Crippen LogP contribution in [0.15, 0.2) is 60.2 Å². The van der Waals surface area contributed by atoms with Crippen molar-refractivity contribution in [2.45, 2.75) is 32.2 Å². The summed E-state index contributed by atoms with van der Waals surface area (Å²) in [5, 5.41) is 11.6. The summed E-state index contributed by atoms with van der Waals surface area (Å²) >= 11 is 0. The second-order valence-electron chi connectivity index (χ2n) is 10.3. The van der Waals surface area contributed by atoms with Gasteiger partial charge in [0, 0.05) is 16.8 Å². The van der Waals surface area contributed by atoms with Crippen molar-refractivity contribution >= 4 is 23.1 Å². The molecule has 1 unspecified atom stereocenters. The molecule has 0 saturated carbocycles. The average Bonchev–Trinajstić information content (AvgIpc) is 3.21. The van der Waals surface area contributed by atoms with Gasteiger partial charge in [-0.15, -0.1) is 0 Å². The van der Waals surface area contributed by atoms with Gasteiger partial charge < -0.3 is 24.1 Å². The van der Waals surface area contributed by atoms with E-state index in [4.69, 9.17) is 18.9 Å². The Morgan fingerprint density at radius 1 is 0.825 bits per heavy atom. The largest absolute Gasteiger partial charge is 0.507 e. The molecule has 0 aromatic heterocycles. The van der Waals surface area contributed by atoms with Crippen LogP contribution in [0.2, 0.25) is 0 Å². The van der Waals surface area contributed by atoms with Crippen LogP contribution in [0, 0.1) is 5.82 Å². The number of aliphatic hydroxyl groups excluding tert-OH is 1. The first-order chi connectivity index (χ1) is 19.0. The van der Waals surface area contributed by atoms with Gasteiger partial charge in [0.25, 0.3) is 11.7 Å². The van der Waals surface area contributed by atoms with Crippen molar-refractivity contribution in [1.29, 1.82) is 0 Å². The summed E-state index contributed by atoms with van der Waals surface area (Å²) in [6.45, 7) is 5.99. The Hall–Kier alpha value is -4.53.